The van der Waals surface area contributed by atoms with Crippen molar-refractivity contribution >= 4 is 15.4 Å². The molecule has 1 aromatic carbocycles. The van der Waals surface area contributed by atoms with Crippen molar-refractivity contribution in [2.24, 2.45) is 5.50 Å². The number of methoxy groups -OCH3 is 1. The Balaban J connectivity index is 0.00000254. The van der Waals surface area contributed by atoms with Gasteiger partial charge >= 0.3 is 5.97 Å². The fourth-order valence-corrected chi connectivity index (χ4v) is 1.86. The van der Waals surface area contributed by atoms with Crippen LogP contribution in [0.3, 0.4) is 0 Å². The highest BCUT2D eigenvalue weighted by Gasteiger charge is 2.15. The summed E-state index contributed by atoms with van der Waals surface area (Å²) in [5.41, 5.74) is 5.82. The molecule has 1 unspecified atom stereocenters. The summed E-state index contributed by atoms with van der Waals surface area (Å²) >= 11 is 0. The number of nitrogens with two attached hydrogens (primary N) is 1. The molecule has 1 atom stereocenters. The number of rotatable bonds is 10. The summed E-state index contributed by atoms with van der Waals surface area (Å²) in [5.74, 6) is 0.0856. The van der Waals surface area contributed by atoms with Gasteiger partial charge in [0.1, 0.15) is 6.61 Å². The van der Waals surface area contributed by atoms with E-state index < -0.39 is 5.97 Å². The lowest BCUT2D eigenvalue weighted by atomic mass is 10.1. The summed E-state index contributed by atoms with van der Waals surface area (Å²) in [7, 11) is 3.40. The van der Waals surface area contributed by atoms with E-state index in [1.54, 1.807) is 12.1 Å². The minimum atomic E-state index is -0.549. The predicted molar refractivity (Wildman–Crippen MR) is 95.1 cm³/mol. The molecule has 138 valence electrons. The molecule has 3 N–H and O–H groups in total. The maximum absolute atomic E-state index is 11.8. The lowest BCUT2D eigenvalue weighted by Crippen LogP contribution is -2.18. The first-order valence-corrected chi connectivity index (χ1v) is 8.26. The maximum atomic E-state index is 11.8. The third-order valence-corrected chi connectivity index (χ3v) is 2.82. The van der Waals surface area contributed by atoms with Crippen molar-refractivity contribution in [3.8, 4) is 11.5 Å². The monoisotopic (exact) mass is 361 g/mol. The molecule has 0 amide bonds. The molecule has 0 bridgehead atoms. The Morgan fingerprint density at radius 3 is 2.46 bits per heavy atom. The van der Waals surface area contributed by atoms with Crippen LogP contribution >= 0.6 is 9.39 Å². The van der Waals surface area contributed by atoms with Crippen molar-refractivity contribution < 1.29 is 28.8 Å². The molecule has 0 saturated carbocycles. The molecule has 0 aliphatic carbocycles. The number of aryl methyl sites for hydroxylation is 1. The largest absolute Gasteiger partial charge is 0.493 e. The van der Waals surface area contributed by atoms with Crippen molar-refractivity contribution in [1.29, 1.82) is 0 Å². The number of hydrogen-bond donors (Lipinski definition) is 2. The topological polar surface area (TPSA) is 100 Å². The molecule has 24 heavy (non-hydrogen) atoms. The first-order chi connectivity index (χ1) is 11.6. The molecule has 0 spiro atoms. The van der Waals surface area contributed by atoms with Gasteiger partial charge in [0.2, 0.25) is 0 Å². The second kappa shape index (κ2) is 14.1. The van der Waals surface area contributed by atoms with Gasteiger partial charge in [0.15, 0.2) is 11.5 Å². The number of benzene rings is 1. The Labute approximate surface area is 145 Å². The van der Waals surface area contributed by atoms with Crippen LogP contribution in [0.25, 0.3) is 0 Å². The van der Waals surface area contributed by atoms with Gasteiger partial charge in [0.25, 0.3) is 0 Å². The van der Waals surface area contributed by atoms with Gasteiger partial charge in [-0.2, -0.15) is 0 Å². The van der Waals surface area contributed by atoms with Gasteiger partial charge < -0.3 is 29.6 Å². The summed E-state index contributed by atoms with van der Waals surface area (Å²) in [4.78, 5) is 11.8. The molecule has 1 rings (SSSR count). The number of aliphatic hydroxyl groups excluding tert-OH is 1. The smallest absolute Gasteiger partial charge is 0.337 e. The molecule has 0 fully saturated rings. The zero-order chi connectivity index (χ0) is 18.4. The van der Waals surface area contributed by atoms with E-state index in [-0.39, 0.29) is 19.0 Å². The molecule has 8 heteroatoms. The van der Waals surface area contributed by atoms with Gasteiger partial charge in [-0.1, -0.05) is 16.3 Å². The lowest BCUT2D eigenvalue weighted by molar-refractivity contribution is -0.140. The number of esters is 1. The lowest BCUT2D eigenvalue weighted by Gasteiger charge is -2.14. The van der Waals surface area contributed by atoms with Crippen LogP contribution < -0.4 is 15.0 Å². The molecule has 0 aliphatic rings. The first-order valence-electron chi connectivity index (χ1n) is 7.60. The van der Waals surface area contributed by atoms with Crippen molar-refractivity contribution in [2.75, 3.05) is 33.5 Å². The summed E-state index contributed by atoms with van der Waals surface area (Å²) in [6, 6.07) is 3.48. The molecule has 0 aromatic heterocycles. The highest BCUT2D eigenvalue weighted by molar-refractivity contribution is 7.13. The van der Waals surface area contributed by atoms with E-state index in [9.17, 15) is 9.90 Å². The fraction of sp³-hybridized carbons (Fsp3) is 0.562. The van der Waals surface area contributed by atoms with E-state index in [4.69, 9.17) is 18.9 Å². The summed E-state index contributed by atoms with van der Waals surface area (Å²) in [5, 5.41) is 9.38. The average Bonchev–Trinajstić information content (AvgIpc) is 2.60. The van der Waals surface area contributed by atoms with E-state index in [1.165, 1.54) is 7.11 Å². The SMILES string of the molecule is CCCOCCOCC(=O)Oc1c(CO)cc(C)cc1OC.NP. The molecule has 0 radical (unpaired) electrons. The van der Waals surface area contributed by atoms with E-state index in [0.29, 0.717) is 31.1 Å². The zero-order valence-electron chi connectivity index (χ0n) is 14.5. The Morgan fingerprint density at radius 1 is 1.21 bits per heavy atom. The van der Waals surface area contributed by atoms with Gasteiger partial charge in [-0.15, -0.1) is 0 Å². The van der Waals surface area contributed by atoms with Crippen LogP contribution in [0.1, 0.15) is 24.5 Å². The number of carbonyl (C=O) groups is 1. The van der Waals surface area contributed by atoms with Crippen LogP contribution in [-0.4, -0.2) is 44.6 Å². The maximum Gasteiger partial charge on any atom is 0.337 e. The van der Waals surface area contributed by atoms with E-state index in [2.05, 4.69) is 5.50 Å². The number of carbonyl (C=O) groups excluding carboxylic acids is 1. The molecule has 0 aliphatic heterocycles. The van der Waals surface area contributed by atoms with E-state index >= 15 is 0 Å². The van der Waals surface area contributed by atoms with Crippen molar-refractivity contribution in [2.45, 2.75) is 26.9 Å². The van der Waals surface area contributed by atoms with Gasteiger partial charge in [-0.3, -0.25) is 0 Å². The highest BCUT2D eigenvalue weighted by atomic mass is 31.0. The van der Waals surface area contributed by atoms with Crippen molar-refractivity contribution in [3.05, 3.63) is 23.3 Å². The normalized spacial score (nSPS) is 9.92. The first kappa shape index (κ1) is 22.8. The Bertz CT molecular complexity index is 459. The van der Waals surface area contributed by atoms with Crippen molar-refractivity contribution in [1.82, 2.24) is 0 Å². The van der Waals surface area contributed by atoms with Crippen LogP contribution in [0.5, 0.6) is 11.5 Å². The summed E-state index contributed by atoms with van der Waals surface area (Å²) < 4.78 is 20.9. The summed E-state index contributed by atoms with van der Waals surface area (Å²) in [6.07, 6.45) is 0.944. The second-order valence-electron chi connectivity index (χ2n) is 4.75. The molecule has 1 aromatic rings. The third kappa shape index (κ3) is 8.57. The number of hydrogen-bond acceptors (Lipinski definition) is 7. The van der Waals surface area contributed by atoms with Gasteiger partial charge in [-0.05, 0) is 31.0 Å². The quantitative estimate of drug-likeness (QED) is 0.282. The third-order valence-electron chi connectivity index (χ3n) is 2.82. The zero-order valence-corrected chi connectivity index (χ0v) is 15.7. The predicted octanol–water partition coefficient (Wildman–Crippen LogP) is 1.58. The summed E-state index contributed by atoms with van der Waals surface area (Å²) in [6.45, 7) is 4.90. The molecule has 0 saturated heterocycles. The minimum Gasteiger partial charge on any atom is -0.493 e. The standard InChI is InChI=1S/C16H24O6.H4NP/c1-4-5-20-6-7-21-11-15(18)22-16-13(10-17)8-12(2)9-14(16)19-3;1-2/h8-9,17H,4-7,10-11H2,1-3H3;1-2H2. The Kier molecular flexibility index (Phi) is 13.4. The van der Waals surface area contributed by atoms with Crippen LogP contribution in [0.15, 0.2) is 12.1 Å². The van der Waals surface area contributed by atoms with E-state index in [0.717, 1.165) is 12.0 Å². The Hall–Kier alpha value is -1.24. The van der Waals surface area contributed by atoms with Crippen LogP contribution in [-0.2, 0) is 20.9 Å². The number of ether oxygens (including phenoxy) is 4. The van der Waals surface area contributed by atoms with Crippen molar-refractivity contribution in [3.63, 3.8) is 0 Å². The molecular weight excluding hydrogens is 333 g/mol. The Morgan fingerprint density at radius 2 is 1.88 bits per heavy atom. The molecule has 7 nitrogen and oxygen atoms in total. The van der Waals surface area contributed by atoms with Gasteiger partial charge in [0, 0.05) is 12.2 Å². The van der Waals surface area contributed by atoms with Gasteiger partial charge in [-0.25, -0.2) is 4.79 Å². The highest BCUT2D eigenvalue weighted by Crippen LogP contribution is 2.32. The van der Waals surface area contributed by atoms with Crippen LogP contribution in [0.2, 0.25) is 0 Å². The average molecular weight is 361 g/mol. The molecule has 0 heterocycles. The van der Waals surface area contributed by atoms with Crippen LogP contribution in [0.4, 0.5) is 0 Å². The van der Waals surface area contributed by atoms with Gasteiger partial charge in [0.05, 0.1) is 26.9 Å². The van der Waals surface area contributed by atoms with Crippen LogP contribution in [0, 0.1) is 6.92 Å². The minimum absolute atomic E-state index is 0.183. The molecular formula is C16H28NO6P. The fourth-order valence-electron chi connectivity index (χ4n) is 1.86. The second-order valence-corrected chi connectivity index (χ2v) is 4.75. The van der Waals surface area contributed by atoms with E-state index in [1.807, 2.05) is 23.2 Å². The number of aliphatic hydroxyl groups is 1.